The van der Waals surface area contributed by atoms with Gasteiger partial charge in [-0.1, -0.05) is 60.8 Å². The number of carbonyl (C=O) groups excluding carboxylic acids is 1. The van der Waals surface area contributed by atoms with Crippen LogP contribution in [-0.4, -0.2) is 17.0 Å². The second kappa shape index (κ2) is 7.20. The molecule has 2 unspecified atom stereocenters. The molecule has 0 spiro atoms. The predicted octanol–water partition coefficient (Wildman–Crippen LogP) is 5.44. The highest BCUT2D eigenvalue weighted by Gasteiger charge is 2.37. The lowest BCUT2D eigenvalue weighted by Crippen LogP contribution is -2.35. The molecule has 0 amide bonds. The van der Waals surface area contributed by atoms with Crippen molar-refractivity contribution in [3.8, 4) is 5.75 Å². The summed E-state index contributed by atoms with van der Waals surface area (Å²) >= 11 is 6.43. The van der Waals surface area contributed by atoms with Crippen LogP contribution >= 0.6 is 11.6 Å². The minimum Gasteiger partial charge on any atom is -0.481 e. The lowest BCUT2D eigenvalue weighted by atomic mass is 9.79. The first-order valence-corrected chi connectivity index (χ1v) is 9.48. The van der Waals surface area contributed by atoms with E-state index in [1.807, 2.05) is 42.5 Å². The van der Waals surface area contributed by atoms with Gasteiger partial charge >= 0.3 is 11.9 Å². The van der Waals surface area contributed by atoms with Crippen LogP contribution in [0.15, 0.2) is 48.5 Å². The first-order chi connectivity index (χ1) is 13.1. The van der Waals surface area contributed by atoms with E-state index < -0.39 is 23.8 Å². The number of fused-ring (bicyclic) bond motifs is 2. The van der Waals surface area contributed by atoms with Gasteiger partial charge in [0.2, 0.25) is 0 Å². The molecule has 0 radical (unpaired) electrons. The van der Waals surface area contributed by atoms with Crippen molar-refractivity contribution in [3.05, 3.63) is 53.6 Å². The molecule has 1 fully saturated rings. The number of carboxylic acids is 1. The summed E-state index contributed by atoms with van der Waals surface area (Å²) in [6, 6.07) is 15.2. The molecular weight excluding hydrogens is 364 g/mol. The summed E-state index contributed by atoms with van der Waals surface area (Å²) in [5.41, 5.74) is 0. The number of carbonyl (C=O) groups is 2. The van der Waals surface area contributed by atoms with Gasteiger partial charge < -0.3 is 9.84 Å². The van der Waals surface area contributed by atoms with Crippen molar-refractivity contribution in [1.82, 2.24) is 0 Å². The van der Waals surface area contributed by atoms with E-state index in [4.69, 9.17) is 16.3 Å². The number of carboxylic acid groups (broad SMARTS) is 1. The zero-order valence-electron chi connectivity index (χ0n) is 14.7. The van der Waals surface area contributed by atoms with Gasteiger partial charge in [-0.25, -0.2) is 0 Å². The maximum absolute atomic E-state index is 13.0. The molecule has 1 saturated carbocycles. The Morgan fingerprint density at radius 3 is 2.44 bits per heavy atom. The second-order valence-corrected chi connectivity index (χ2v) is 7.43. The highest BCUT2D eigenvalue weighted by molar-refractivity contribution is 6.37. The van der Waals surface area contributed by atoms with Gasteiger partial charge in [-0.2, -0.15) is 0 Å². The summed E-state index contributed by atoms with van der Waals surface area (Å²) < 4.78 is 5.85. The van der Waals surface area contributed by atoms with E-state index in [1.165, 1.54) is 0 Å². The third-order valence-corrected chi connectivity index (χ3v) is 5.69. The van der Waals surface area contributed by atoms with Gasteiger partial charge in [0.05, 0.1) is 16.9 Å². The molecule has 138 valence electrons. The van der Waals surface area contributed by atoms with Gasteiger partial charge in [-0.15, -0.1) is 0 Å². The Morgan fingerprint density at radius 1 is 0.963 bits per heavy atom. The number of ether oxygens (including phenoxy) is 1. The van der Waals surface area contributed by atoms with Gasteiger partial charge in [0, 0.05) is 10.8 Å². The van der Waals surface area contributed by atoms with Crippen molar-refractivity contribution in [2.45, 2.75) is 25.7 Å². The summed E-state index contributed by atoms with van der Waals surface area (Å²) in [6.07, 6.45) is 2.70. The van der Waals surface area contributed by atoms with Crippen LogP contribution in [0.2, 0.25) is 5.02 Å². The Hall–Kier alpha value is -2.59. The van der Waals surface area contributed by atoms with E-state index in [9.17, 15) is 14.7 Å². The SMILES string of the molecule is O=C(O)C1CCCCC1C(=O)Oc1c2ccccc2cc2cccc(Cl)c12. The van der Waals surface area contributed by atoms with E-state index in [2.05, 4.69) is 0 Å². The quantitative estimate of drug-likeness (QED) is 0.372. The lowest BCUT2D eigenvalue weighted by Gasteiger charge is -2.27. The molecule has 2 atom stereocenters. The molecule has 27 heavy (non-hydrogen) atoms. The third-order valence-electron chi connectivity index (χ3n) is 5.38. The number of rotatable bonds is 3. The zero-order valence-corrected chi connectivity index (χ0v) is 15.4. The van der Waals surface area contributed by atoms with Crippen LogP contribution in [0.4, 0.5) is 0 Å². The van der Waals surface area contributed by atoms with Crippen LogP contribution in [0.5, 0.6) is 5.75 Å². The molecular formula is C22H19ClO4. The molecule has 0 aromatic heterocycles. The molecule has 0 saturated heterocycles. The van der Waals surface area contributed by atoms with Gasteiger partial charge in [-0.05, 0) is 35.7 Å². The number of aliphatic carboxylic acids is 1. The monoisotopic (exact) mass is 382 g/mol. The average Bonchev–Trinajstić information content (AvgIpc) is 2.67. The van der Waals surface area contributed by atoms with E-state index in [0.717, 1.165) is 29.0 Å². The van der Waals surface area contributed by atoms with Crippen molar-refractivity contribution in [2.24, 2.45) is 11.8 Å². The molecule has 4 nitrogen and oxygen atoms in total. The van der Waals surface area contributed by atoms with Crippen LogP contribution < -0.4 is 4.74 Å². The molecule has 1 N–H and O–H groups in total. The summed E-state index contributed by atoms with van der Waals surface area (Å²) in [5, 5.41) is 13.3. The topological polar surface area (TPSA) is 63.6 Å². The van der Waals surface area contributed by atoms with Crippen molar-refractivity contribution in [3.63, 3.8) is 0 Å². The second-order valence-electron chi connectivity index (χ2n) is 7.02. The fourth-order valence-corrected chi connectivity index (χ4v) is 4.29. The summed E-state index contributed by atoms with van der Waals surface area (Å²) in [4.78, 5) is 24.5. The Bertz CT molecular complexity index is 1040. The molecule has 0 aliphatic heterocycles. The standard InChI is InChI=1S/C22H19ClO4/c23-18-11-5-7-14-12-13-6-1-2-8-15(13)20(19(14)18)27-22(26)17-10-4-3-9-16(17)21(24)25/h1-2,5-8,11-12,16-17H,3-4,9-10H2,(H,24,25). The summed E-state index contributed by atoms with van der Waals surface area (Å²) in [6.45, 7) is 0. The van der Waals surface area contributed by atoms with Crippen LogP contribution in [0.3, 0.4) is 0 Å². The van der Waals surface area contributed by atoms with Crippen LogP contribution in [0.25, 0.3) is 21.5 Å². The van der Waals surface area contributed by atoms with Crippen molar-refractivity contribution >= 4 is 45.1 Å². The van der Waals surface area contributed by atoms with Gasteiger partial charge in [0.25, 0.3) is 0 Å². The molecule has 0 heterocycles. The lowest BCUT2D eigenvalue weighted by molar-refractivity contribution is -0.153. The molecule has 4 rings (SSSR count). The van der Waals surface area contributed by atoms with Crippen molar-refractivity contribution in [1.29, 1.82) is 0 Å². The van der Waals surface area contributed by atoms with E-state index in [-0.39, 0.29) is 0 Å². The summed E-state index contributed by atoms with van der Waals surface area (Å²) in [7, 11) is 0. The van der Waals surface area contributed by atoms with E-state index in [1.54, 1.807) is 6.07 Å². The average molecular weight is 383 g/mol. The van der Waals surface area contributed by atoms with Crippen LogP contribution in [0, 0.1) is 11.8 Å². The molecule has 1 aliphatic rings. The normalized spacial score (nSPS) is 19.9. The van der Waals surface area contributed by atoms with Gasteiger partial charge in [-0.3, -0.25) is 9.59 Å². The predicted molar refractivity (Wildman–Crippen MR) is 105 cm³/mol. The van der Waals surface area contributed by atoms with Crippen LogP contribution in [-0.2, 0) is 9.59 Å². The Kier molecular flexibility index (Phi) is 4.75. The van der Waals surface area contributed by atoms with Crippen molar-refractivity contribution in [2.75, 3.05) is 0 Å². The minimum absolute atomic E-state index is 0.411. The molecule has 3 aromatic carbocycles. The number of esters is 1. The summed E-state index contributed by atoms with van der Waals surface area (Å²) in [5.74, 6) is -2.33. The molecule has 0 bridgehead atoms. The van der Waals surface area contributed by atoms with Crippen molar-refractivity contribution < 1.29 is 19.4 Å². The maximum Gasteiger partial charge on any atom is 0.315 e. The first-order valence-electron chi connectivity index (χ1n) is 9.10. The Morgan fingerprint density at radius 2 is 1.67 bits per heavy atom. The fourth-order valence-electron chi connectivity index (χ4n) is 4.02. The molecule has 5 heteroatoms. The maximum atomic E-state index is 13.0. The van der Waals surface area contributed by atoms with Crippen LogP contribution in [0.1, 0.15) is 25.7 Å². The molecule has 1 aliphatic carbocycles. The fraction of sp³-hybridized carbons (Fsp3) is 0.273. The number of hydrogen-bond acceptors (Lipinski definition) is 3. The highest BCUT2D eigenvalue weighted by atomic mass is 35.5. The zero-order chi connectivity index (χ0) is 19.0. The van der Waals surface area contributed by atoms with Gasteiger partial charge in [0.1, 0.15) is 5.75 Å². The number of hydrogen-bond donors (Lipinski definition) is 1. The largest absolute Gasteiger partial charge is 0.481 e. The van der Waals surface area contributed by atoms with Gasteiger partial charge in [0.15, 0.2) is 0 Å². The van der Waals surface area contributed by atoms with E-state index >= 15 is 0 Å². The first kappa shape index (κ1) is 17.8. The number of benzene rings is 3. The van der Waals surface area contributed by atoms with E-state index in [0.29, 0.717) is 29.0 Å². The highest BCUT2D eigenvalue weighted by Crippen LogP contribution is 2.40. The molecule has 3 aromatic rings. The number of halogens is 1. The minimum atomic E-state index is -0.933. The Labute approximate surface area is 161 Å². The Balaban J connectivity index is 1.82. The smallest absolute Gasteiger partial charge is 0.315 e. The third kappa shape index (κ3) is 3.26.